The fourth-order valence-electron chi connectivity index (χ4n) is 4.25. The number of aromatic amines is 1. The van der Waals surface area contributed by atoms with Gasteiger partial charge in [0.05, 0.1) is 16.7 Å². The smallest absolute Gasteiger partial charge is 0.326 e. The van der Waals surface area contributed by atoms with Crippen molar-refractivity contribution in [3.05, 3.63) is 58.8 Å². The third kappa shape index (κ3) is 5.00. The molecule has 1 saturated heterocycles. The van der Waals surface area contributed by atoms with Crippen molar-refractivity contribution in [3.8, 4) is 5.75 Å². The predicted molar refractivity (Wildman–Crippen MR) is 119 cm³/mol. The number of fused-ring (bicyclic) bond motifs is 1. The van der Waals surface area contributed by atoms with Crippen LogP contribution in [0.15, 0.2) is 47.3 Å². The Hall–Kier alpha value is -3.17. The minimum atomic E-state index is -0.698. The number of aliphatic hydroxyl groups excluding tert-OH is 1. The third-order valence-electron chi connectivity index (χ3n) is 5.70. The summed E-state index contributed by atoms with van der Waals surface area (Å²) in [5.74, 6) is -0.0591. The van der Waals surface area contributed by atoms with Crippen LogP contribution in [0.4, 0.5) is 10.1 Å². The molecule has 2 heterocycles. The Morgan fingerprint density at radius 1 is 1.28 bits per heavy atom. The number of ether oxygens (including phenoxy) is 1. The maximum absolute atomic E-state index is 13.5. The zero-order chi connectivity index (χ0) is 22.7. The van der Waals surface area contributed by atoms with E-state index in [1.54, 1.807) is 34.9 Å². The van der Waals surface area contributed by atoms with Gasteiger partial charge in [-0.25, -0.2) is 9.18 Å². The summed E-state index contributed by atoms with van der Waals surface area (Å²) in [5.41, 5.74) is 1.55. The Kier molecular flexibility index (Phi) is 6.57. The van der Waals surface area contributed by atoms with Crippen LogP contribution in [0.5, 0.6) is 5.75 Å². The number of H-pyrrole nitrogens is 1. The predicted octanol–water partition coefficient (Wildman–Crippen LogP) is 2.50. The average molecular weight is 442 g/mol. The van der Waals surface area contributed by atoms with Crippen molar-refractivity contribution in [2.45, 2.75) is 31.9 Å². The molecule has 2 aromatic carbocycles. The van der Waals surface area contributed by atoms with Crippen molar-refractivity contribution in [1.82, 2.24) is 14.5 Å². The van der Waals surface area contributed by atoms with Crippen LogP contribution >= 0.6 is 0 Å². The van der Waals surface area contributed by atoms with Crippen molar-refractivity contribution >= 4 is 22.6 Å². The van der Waals surface area contributed by atoms with Crippen LogP contribution in [0.25, 0.3) is 11.0 Å². The van der Waals surface area contributed by atoms with Gasteiger partial charge < -0.3 is 25.0 Å². The molecule has 0 unspecified atom stereocenters. The largest absolute Gasteiger partial charge is 0.489 e. The number of rotatable bonds is 7. The molecule has 0 spiro atoms. The monoisotopic (exact) mass is 442 g/mol. The normalized spacial score (nSPS) is 16.2. The van der Waals surface area contributed by atoms with Crippen LogP contribution in [0.2, 0.25) is 0 Å². The molecule has 3 aromatic rings. The minimum Gasteiger partial charge on any atom is -0.489 e. The number of aliphatic hydroxyl groups is 1. The molecule has 0 bridgehead atoms. The summed E-state index contributed by atoms with van der Waals surface area (Å²) in [6.07, 6.45) is 0.808. The lowest BCUT2D eigenvalue weighted by Gasteiger charge is -2.33. The lowest BCUT2D eigenvalue weighted by atomic mass is 10.0. The molecule has 9 heteroatoms. The van der Waals surface area contributed by atoms with E-state index in [2.05, 4.69) is 15.2 Å². The van der Waals surface area contributed by atoms with Crippen molar-refractivity contribution in [2.75, 3.05) is 31.6 Å². The fourth-order valence-corrected chi connectivity index (χ4v) is 4.25. The number of halogens is 1. The van der Waals surface area contributed by atoms with E-state index in [4.69, 9.17) is 4.74 Å². The zero-order valence-electron chi connectivity index (χ0n) is 17.9. The number of hydrogen-bond acceptors (Lipinski definition) is 5. The molecule has 1 amide bonds. The molecule has 1 atom stereocenters. The van der Waals surface area contributed by atoms with E-state index in [0.717, 1.165) is 25.9 Å². The maximum Gasteiger partial charge on any atom is 0.326 e. The number of benzene rings is 2. The number of nitrogens with one attached hydrogen (secondary N) is 2. The van der Waals surface area contributed by atoms with Gasteiger partial charge in [-0.15, -0.1) is 0 Å². The first-order chi connectivity index (χ1) is 15.4. The molecule has 170 valence electrons. The first-order valence-corrected chi connectivity index (χ1v) is 10.7. The molecule has 0 saturated carbocycles. The molecule has 1 aliphatic rings. The van der Waals surface area contributed by atoms with Crippen LogP contribution in [-0.4, -0.2) is 57.8 Å². The summed E-state index contributed by atoms with van der Waals surface area (Å²) in [6.45, 7) is 3.43. The van der Waals surface area contributed by atoms with Gasteiger partial charge in [0.15, 0.2) is 0 Å². The number of anilines is 1. The van der Waals surface area contributed by atoms with Crippen molar-refractivity contribution < 1.29 is 19.0 Å². The summed E-state index contributed by atoms with van der Waals surface area (Å²) in [4.78, 5) is 28.6. The van der Waals surface area contributed by atoms with Gasteiger partial charge in [0.1, 0.15) is 24.3 Å². The summed E-state index contributed by atoms with van der Waals surface area (Å²) in [6, 6.07) is 11.5. The van der Waals surface area contributed by atoms with E-state index in [1.165, 1.54) is 19.1 Å². The van der Waals surface area contributed by atoms with Gasteiger partial charge in [0.2, 0.25) is 5.91 Å². The molecule has 8 nitrogen and oxygen atoms in total. The van der Waals surface area contributed by atoms with Gasteiger partial charge in [-0.05, 0) is 43.2 Å². The summed E-state index contributed by atoms with van der Waals surface area (Å²) >= 11 is 0. The molecule has 1 aromatic heterocycles. The lowest BCUT2D eigenvalue weighted by molar-refractivity contribution is -0.114. The Labute approximate surface area is 184 Å². The summed E-state index contributed by atoms with van der Waals surface area (Å²) < 4.78 is 20.9. The highest BCUT2D eigenvalue weighted by atomic mass is 19.1. The number of para-hydroxylation sites is 2. The highest BCUT2D eigenvalue weighted by molar-refractivity contribution is 5.90. The van der Waals surface area contributed by atoms with Gasteiger partial charge in [-0.3, -0.25) is 9.36 Å². The average Bonchev–Trinajstić information content (AvgIpc) is 3.08. The van der Waals surface area contributed by atoms with Crippen LogP contribution in [0, 0.1) is 5.82 Å². The van der Waals surface area contributed by atoms with E-state index in [1.807, 2.05) is 0 Å². The number of carbonyl (C=O) groups is 1. The number of piperidine rings is 1. The van der Waals surface area contributed by atoms with E-state index in [0.29, 0.717) is 29.0 Å². The Morgan fingerprint density at radius 2 is 2.03 bits per heavy atom. The van der Waals surface area contributed by atoms with Crippen molar-refractivity contribution in [2.24, 2.45) is 0 Å². The van der Waals surface area contributed by atoms with Gasteiger partial charge in [0, 0.05) is 32.6 Å². The number of carbonyl (C=O) groups excluding carboxylic acids is 1. The standard InChI is InChI=1S/C23H27FN4O4/c1-15(29)25-19-4-2-3-5-22(19)32-14-18(30)13-27-10-8-17(9-11-27)28-21-7-6-16(24)12-20(21)26-23(28)31/h2-7,12,17-18,30H,8-11,13-14H2,1H3,(H,25,29)(H,26,31)/t18-/m1/s1. The Morgan fingerprint density at radius 3 is 2.78 bits per heavy atom. The minimum absolute atomic E-state index is 0.0240. The van der Waals surface area contributed by atoms with Gasteiger partial charge in [0.25, 0.3) is 0 Å². The molecular formula is C23H27FN4O4. The maximum atomic E-state index is 13.5. The zero-order valence-corrected chi connectivity index (χ0v) is 17.9. The lowest BCUT2D eigenvalue weighted by Crippen LogP contribution is -2.42. The molecule has 1 fully saturated rings. The Bertz CT molecular complexity index is 1150. The van der Waals surface area contributed by atoms with Gasteiger partial charge in [-0.2, -0.15) is 0 Å². The number of likely N-dealkylation sites (tertiary alicyclic amines) is 1. The fraction of sp³-hybridized carbons (Fsp3) is 0.391. The quantitative estimate of drug-likeness (QED) is 0.522. The summed E-state index contributed by atoms with van der Waals surface area (Å²) in [5, 5.41) is 13.2. The van der Waals surface area contributed by atoms with Crippen LogP contribution in [-0.2, 0) is 4.79 Å². The van der Waals surface area contributed by atoms with Crippen molar-refractivity contribution in [1.29, 1.82) is 0 Å². The second-order valence-corrected chi connectivity index (χ2v) is 8.14. The second kappa shape index (κ2) is 9.54. The number of nitrogens with zero attached hydrogens (tertiary/aromatic N) is 2. The molecule has 32 heavy (non-hydrogen) atoms. The van der Waals surface area contributed by atoms with Gasteiger partial charge in [-0.1, -0.05) is 12.1 Å². The molecule has 0 radical (unpaired) electrons. The number of aromatic nitrogens is 2. The van der Waals surface area contributed by atoms with Crippen LogP contribution in [0.1, 0.15) is 25.8 Å². The first kappa shape index (κ1) is 22.0. The summed E-state index contributed by atoms with van der Waals surface area (Å²) in [7, 11) is 0. The molecule has 1 aliphatic heterocycles. The molecule has 3 N–H and O–H groups in total. The third-order valence-corrected chi connectivity index (χ3v) is 5.70. The van der Waals surface area contributed by atoms with E-state index in [9.17, 15) is 19.1 Å². The highest BCUT2D eigenvalue weighted by Crippen LogP contribution is 2.26. The molecular weight excluding hydrogens is 415 g/mol. The number of hydrogen-bond donors (Lipinski definition) is 3. The number of imidazole rings is 1. The SMILES string of the molecule is CC(=O)Nc1ccccc1OC[C@H](O)CN1CCC(n2c(=O)[nH]c3cc(F)ccc32)CC1. The Balaban J connectivity index is 1.31. The van der Waals surface area contributed by atoms with E-state index >= 15 is 0 Å². The van der Waals surface area contributed by atoms with Gasteiger partial charge >= 0.3 is 5.69 Å². The van der Waals surface area contributed by atoms with Crippen LogP contribution in [0.3, 0.4) is 0 Å². The van der Waals surface area contributed by atoms with Crippen LogP contribution < -0.4 is 15.7 Å². The highest BCUT2D eigenvalue weighted by Gasteiger charge is 2.25. The molecule has 0 aliphatic carbocycles. The second-order valence-electron chi connectivity index (χ2n) is 8.14. The first-order valence-electron chi connectivity index (χ1n) is 10.7. The van der Waals surface area contributed by atoms with E-state index in [-0.39, 0.29) is 30.1 Å². The molecule has 4 rings (SSSR count). The van der Waals surface area contributed by atoms with E-state index < -0.39 is 6.10 Å². The number of β-amino-alcohol motifs (C(OH)–C–C–N with tert-alkyl or cyclic N) is 1. The topological polar surface area (TPSA) is 99.6 Å². The number of amides is 1. The van der Waals surface area contributed by atoms with Crippen molar-refractivity contribution in [3.63, 3.8) is 0 Å².